The van der Waals surface area contributed by atoms with Gasteiger partial charge in [-0.2, -0.15) is 0 Å². The fourth-order valence-electron chi connectivity index (χ4n) is 6.21. The Kier molecular flexibility index (Phi) is 2.80. The Morgan fingerprint density at radius 1 is 1.04 bits per heavy atom. The summed E-state index contributed by atoms with van der Waals surface area (Å²) in [5.74, 6) is 2.38. The molecule has 1 heterocycles. The molecule has 0 spiro atoms. The summed E-state index contributed by atoms with van der Waals surface area (Å²) in [7, 11) is 0. The van der Waals surface area contributed by atoms with Crippen LogP contribution in [0.2, 0.25) is 0 Å². The van der Waals surface area contributed by atoms with Gasteiger partial charge in [-0.1, -0.05) is 18.2 Å². The maximum absolute atomic E-state index is 13.2. The number of rotatable bonds is 3. The number of benzene rings is 1. The Labute approximate surface area is 136 Å². The van der Waals surface area contributed by atoms with Gasteiger partial charge in [0.1, 0.15) is 11.9 Å². The first-order valence-corrected chi connectivity index (χ1v) is 8.96. The number of cyclic esters (lactones) is 1. The van der Waals surface area contributed by atoms with E-state index in [-0.39, 0.29) is 17.5 Å². The van der Waals surface area contributed by atoms with Crippen LogP contribution < -0.4 is 0 Å². The van der Waals surface area contributed by atoms with E-state index in [2.05, 4.69) is 0 Å². The van der Waals surface area contributed by atoms with Crippen molar-refractivity contribution >= 4 is 11.8 Å². The molecule has 4 fully saturated rings. The van der Waals surface area contributed by atoms with Crippen molar-refractivity contribution < 1.29 is 14.3 Å². The van der Waals surface area contributed by atoms with Gasteiger partial charge < -0.3 is 4.74 Å². The summed E-state index contributed by atoms with van der Waals surface area (Å²) in [5.41, 5.74) is 1.44. The van der Waals surface area contributed by atoms with Gasteiger partial charge in [0, 0.05) is 17.4 Å². The van der Waals surface area contributed by atoms with E-state index in [1.165, 1.54) is 19.3 Å². The molecular weight excluding hydrogens is 288 g/mol. The third kappa shape index (κ3) is 2.02. The van der Waals surface area contributed by atoms with E-state index in [1.54, 1.807) is 6.07 Å². The van der Waals surface area contributed by atoms with Gasteiger partial charge in [0.2, 0.25) is 0 Å². The molecule has 1 aliphatic heterocycles. The van der Waals surface area contributed by atoms with E-state index >= 15 is 0 Å². The molecule has 3 nitrogen and oxygen atoms in total. The minimum atomic E-state index is -0.362. The van der Waals surface area contributed by atoms with Crippen molar-refractivity contribution in [1.29, 1.82) is 0 Å². The van der Waals surface area contributed by atoms with Gasteiger partial charge in [0.05, 0.1) is 5.56 Å². The van der Waals surface area contributed by atoms with Crippen LogP contribution in [0.15, 0.2) is 24.3 Å². The van der Waals surface area contributed by atoms with Crippen LogP contribution in [0.25, 0.3) is 0 Å². The summed E-state index contributed by atoms with van der Waals surface area (Å²) in [6.07, 6.45) is 7.28. The van der Waals surface area contributed by atoms with Crippen molar-refractivity contribution in [3.05, 3.63) is 35.4 Å². The van der Waals surface area contributed by atoms with E-state index < -0.39 is 0 Å². The maximum Gasteiger partial charge on any atom is 0.339 e. The molecule has 120 valence electrons. The van der Waals surface area contributed by atoms with Crippen LogP contribution in [0.4, 0.5) is 0 Å². The van der Waals surface area contributed by atoms with E-state index in [0.29, 0.717) is 17.8 Å². The summed E-state index contributed by atoms with van der Waals surface area (Å²) in [5, 5.41) is 0. The Morgan fingerprint density at radius 2 is 1.65 bits per heavy atom. The molecule has 1 aromatic carbocycles. The largest absolute Gasteiger partial charge is 0.453 e. The smallest absolute Gasteiger partial charge is 0.339 e. The Morgan fingerprint density at radius 3 is 2.30 bits per heavy atom. The van der Waals surface area contributed by atoms with Gasteiger partial charge in [0.15, 0.2) is 0 Å². The number of hydrogen-bond donors (Lipinski definition) is 0. The number of carbonyl (C=O) groups excluding carboxylic acids is 2. The predicted octanol–water partition coefficient (Wildman–Crippen LogP) is 4.07. The lowest BCUT2D eigenvalue weighted by Gasteiger charge is -2.56. The van der Waals surface area contributed by atoms with E-state index in [1.807, 2.05) is 18.2 Å². The van der Waals surface area contributed by atoms with Crippen molar-refractivity contribution in [3.63, 3.8) is 0 Å². The van der Waals surface area contributed by atoms with Gasteiger partial charge in [0.25, 0.3) is 0 Å². The van der Waals surface area contributed by atoms with Crippen LogP contribution in [0.3, 0.4) is 0 Å². The first kappa shape index (κ1) is 13.8. The minimum absolute atomic E-state index is 0.0985. The standard InChI is InChI=1S/C20H22O3/c21-18(8-17-15-3-1-2-4-16(15)19(22)23-17)20-9-12-5-13(10-20)7-14(6-12)11-20/h1-4,12-14,17H,5-11H2/t12?,13?,14?,17-,20?/m1/s1. The van der Waals surface area contributed by atoms with Crippen LogP contribution in [0.5, 0.6) is 0 Å². The highest BCUT2D eigenvalue weighted by atomic mass is 16.5. The second-order valence-corrected chi connectivity index (χ2v) is 8.31. The van der Waals surface area contributed by atoms with Gasteiger partial charge in [-0.3, -0.25) is 4.79 Å². The monoisotopic (exact) mass is 310 g/mol. The number of ether oxygens (including phenoxy) is 1. The number of hydrogen-bond acceptors (Lipinski definition) is 3. The summed E-state index contributed by atoms with van der Waals surface area (Å²) < 4.78 is 5.51. The number of Topliss-reactive ketones (excluding diaryl/α,β-unsaturated/α-hetero) is 1. The fraction of sp³-hybridized carbons (Fsp3) is 0.600. The Bertz CT molecular complexity index is 655. The van der Waals surface area contributed by atoms with Crippen molar-refractivity contribution in [1.82, 2.24) is 0 Å². The maximum atomic E-state index is 13.2. The van der Waals surface area contributed by atoms with Gasteiger partial charge in [-0.25, -0.2) is 4.79 Å². The molecule has 3 heteroatoms. The van der Waals surface area contributed by atoms with Gasteiger partial charge in [-0.15, -0.1) is 0 Å². The SMILES string of the molecule is O=C1O[C@H](CC(=O)C23CC4CC(CC(C4)C2)C3)c2ccccc21. The Balaban J connectivity index is 1.40. The molecule has 6 rings (SSSR count). The molecule has 0 N–H and O–H groups in total. The van der Waals surface area contributed by atoms with Crippen molar-refractivity contribution in [2.24, 2.45) is 23.2 Å². The number of esters is 1. The molecule has 0 amide bonds. The molecule has 23 heavy (non-hydrogen) atoms. The molecule has 4 saturated carbocycles. The summed E-state index contributed by atoms with van der Waals surface area (Å²) in [6.45, 7) is 0. The molecular formula is C20H22O3. The Hall–Kier alpha value is -1.64. The van der Waals surface area contributed by atoms with Crippen LogP contribution in [-0.4, -0.2) is 11.8 Å². The lowest BCUT2D eigenvalue weighted by molar-refractivity contribution is -0.145. The van der Waals surface area contributed by atoms with Crippen LogP contribution in [-0.2, 0) is 9.53 Å². The van der Waals surface area contributed by atoms with Gasteiger partial charge in [-0.05, 0) is 62.3 Å². The van der Waals surface area contributed by atoms with Gasteiger partial charge >= 0.3 is 5.97 Å². The molecule has 1 atom stereocenters. The first-order valence-electron chi connectivity index (χ1n) is 8.96. The first-order chi connectivity index (χ1) is 11.1. The zero-order valence-electron chi connectivity index (χ0n) is 13.3. The highest BCUT2D eigenvalue weighted by molar-refractivity contribution is 5.95. The quantitative estimate of drug-likeness (QED) is 0.790. The molecule has 0 saturated heterocycles. The number of fused-ring (bicyclic) bond motifs is 1. The second-order valence-electron chi connectivity index (χ2n) is 8.31. The van der Waals surface area contributed by atoms with E-state index in [9.17, 15) is 9.59 Å². The van der Waals surface area contributed by atoms with E-state index in [0.717, 1.165) is 42.6 Å². The third-order valence-corrected chi connectivity index (χ3v) is 6.78. The second kappa shape index (κ2) is 4.68. The molecule has 1 aromatic rings. The molecule has 0 unspecified atom stereocenters. The lowest BCUT2D eigenvalue weighted by atomic mass is 9.48. The average molecular weight is 310 g/mol. The summed E-state index contributed by atoms with van der Waals surface area (Å²) in [4.78, 5) is 25.1. The highest BCUT2D eigenvalue weighted by Crippen LogP contribution is 2.61. The summed E-state index contributed by atoms with van der Waals surface area (Å²) >= 11 is 0. The van der Waals surface area contributed by atoms with Crippen LogP contribution >= 0.6 is 0 Å². The highest BCUT2D eigenvalue weighted by Gasteiger charge is 2.54. The van der Waals surface area contributed by atoms with E-state index in [4.69, 9.17) is 4.74 Å². The van der Waals surface area contributed by atoms with Crippen molar-refractivity contribution in [2.45, 2.75) is 51.0 Å². The zero-order chi connectivity index (χ0) is 15.6. The predicted molar refractivity (Wildman–Crippen MR) is 84.8 cm³/mol. The topological polar surface area (TPSA) is 43.4 Å². The molecule has 4 aliphatic carbocycles. The average Bonchev–Trinajstić information content (AvgIpc) is 2.83. The molecule has 0 radical (unpaired) electrons. The number of carbonyl (C=O) groups is 2. The van der Waals surface area contributed by atoms with Crippen LogP contribution in [0.1, 0.15) is 67.0 Å². The molecule has 0 aromatic heterocycles. The number of ketones is 1. The molecule has 5 aliphatic rings. The van der Waals surface area contributed by atoms with Crippen molar-refractivity contribution in [2.75, 3.05) is 0 Å². The minimum Gasteiger partial charge on any atom is -0.453 e. The lowest BCUT2D eigenvalue weighted by Crippen LogP contribution is -2.50. The van der Waals surface area contributed by atoms with Crippen LogP contribution in [0, 0.1) is 23.2 Å². The normalized spacial score (nSPS) is 40.1. The third-order valence-electron chi connectivity index (χ3n) is 6.78. The zero-order valence-corrected chi connectivity index (χ0v) is 13.3. The summed E-state index contributed by atoms with van der Waals surface area (Å²) in [6, 6.07) is 7.50. The fourth-order valence-corrected chi connectivity index (χ4v) is 6.21. The van der Waals surface area contributed by atoms with Crippen molar-refractivity contribution in [3.8, 4) is 0 Å². The molecule has 4 bridgehead atoms.